The fourth-order valence-electron chi connectivity index (χ4n) is 5.18. The molecule has 1 aromatic carbocycles. The highest BCUT2D eigenvalue weighted by atomic mass is 35.5. The second-order valence-corrected chi connectivity index (χ2v) is 10.2. The van der Waals surface area contributed by atoms with Gasteiger partial charge in [-0.25, -0.2) is 4.79 Å². The van der Waals surface area contributed by atoms with Crippen LogP contribution >= 0.6 is 11.6 Å². The van der Waals surface area contributed by atoms with Crippen molar-refractivity contribution < 1.29 is 24.2 Å². The number of Topliss-reactive ketones (excluding diaryl/α,β-unsaturated/α-hetero) is 1. The summed E-state index contributed by atoms with van der Waals surface area (Å²) < 4.78 is 11.2. The number of carbonyl (C=O) groups is 2. The number of phenolic OH excluding ortho intramolecular Hbond substituents is 1. The summed E-state index contributed by atoms with van der Waals surface area (Å²) in [5, 5.41) is 13.7. The van der Waals surface area contributed by atoms with Crippen LogP contribution in [0.1, 0.15) is 70.8 Å². The molecule has 4 rings (SSSR count). The predicted octanol–water partition coefficient (Wildman–Crippen LogP) is 5.14. The van der Waals surface area contributed by atoms with Crippen molar-refractivity contribution in [3.05, 3.63) is 45.3 Å². The summed E-state index contributed by atoms with van der Waals surface area (Å²) in [6.07, 6.45) is 4.79. The third kappa shape index (κ3) is 4.13. The van der Waals surface area contributed by atoms with Crippen LogP contribution in [0.2, 0.25) is 5.02 Å². The summed E-state index contributed by atoms with van der Waals surface area (Å²) >= 11 is 6.30. The van der Waals surface area contributed by atoms with Crippen molar-refractivity contribution in [1.29, 1.82) is 0 Å². The summed E-state index contributed by atoms with van der Waals surface area (Å²) in [6.45, 7) is 5.97. The number of ketones is 1. The van der Waals surface area contributed by atoms with Crippen molar-refractivity contribution in [2.45, 2.75) is 71.3 Å². The van der Waals surface area contributed by atoms with Crippen molar-refractivity contribution in [3.63, 3.8) is 0 Å². The molecule has 1 fully saturated rings. The van der Waals surface area contributed by atoms with Gasteiger partial charge in [0.05, 0.1) is 17.7 Å². The number of allylic oxidation sites excluding steroid dienone is 3. The van der Waals surface area contributed by atoms with Gasteiger partial charge in [0.1, 0.15) is 6.10 Å². The maximum atomic E-state index is 13.4. The van der Waals surface area contributed by atoms with Gasteiger partial charge in [-0.3, -0.25) is 4.79 Å². The lowest BCUT2D eigenvalue weighted by Gasteiger charge is -2.39. The van der Waals surface area contributed by atoms with E-state index in [1.165, 1.54) is 7.11 Å². The molecule has 0 aromatic heterocycles. The molecule has 2 aliphatic carbocycles. The first-order valence-electron chi connectivity index (χ1n) is 11.1. The number of benzene rings is 1. The molecule has 32 heavy (non-hydrogen) atoms. The molecular weight excluding hydrogens is 430 g/mol. The third-order valence-electron chi connectivity index (χ3n) is 6.64. The summed E-state index contributed by atoms with van der Waals surface area (Å²) in [6, 6.07) is 3.24. The SMILES string of the molecule is COc1cc([C@H]2C(C(=O)OC3CCCC3)=C(C)NC3=C2C(=O)CC(C)(C)C3)cc(Cl)c1O. The van der Waals surface area contributed by atoms with Gasteiger partial charge >= 0.3 is 5.97 Å². The van der Waals surface area contributed by atoms with E-state index in [0.29, 0.717) is 35.2 Å². The molecule has 0 radical (unpaired) electrons. The van der Waals surface area contributed by atoms with Crippen LogP contribution in [0.5, 0.6) is 11.5 Å². The number of rotatable bonds is 4. The molecule has 0 bridgehead atoms. The number of esters is 1. The van der Waals surface area contributed by atoms with E-state index in [1.54, 1.807) is 12.1 Å². The smallest absolute Gasteiger partial charge is 0.337 e. The molecule has 0 spiro atoms. The van der Waals surface area contributed by atoms with Gasteiger partial charge in [-0.1, -0.05) is 25.4 Å². The number of ether oxygens (including phenoxy) is 2. The van der Waals surface area contributed by atoms with E-state index in [-0.39, 0.29) is 33.8 Å². The lowest BCUT2D eigenvalue weighted by molar-refractivity contribution is -0.144. The molecule has 0 amide bonds. The molecule has 3 aliphatic rings. The number of carbonyl (C=O) groups excluding carboxylic acids is 2. The van der Waals surface area contributed by atoms with Gasteiger partial charge in [-0.15, -0.1) is 0 Å². The fourth-order valence-corrected chi connectivity index (χ4v) is 5.40. The molecule has 1 aromatic rings. The third-order valence-corrected chi connectivity index (χ3v) is 6.93. The van der Waals surface area contributed by atoms with Crippen molar-refractivity contribution >= 4 is 23.4 Å². The van der Waals surface area contributed by atoms with Crippen molar-refractivity contribution in [3.8, 4) is 11.5 Å². The lowest BCUT2D eigenvalue weighted by Crippen LogP contribution is -2.39. The average molecular weight is 460 g/mol. The van der Waals surface area contributed by atoms with Gasteiger partial charge in [0.25, 0.3) is 0 Å². The number of methoxy groups -OCH3 is 1. The van der Waals surface area contributed by atoms with Crippen LogP contribution in [0.3, 0.4) is 0 Å². The van der Waals surface area contributed by atoms with Gasteiger partial charge in [0.15, 0.2) is 17.3 Å². The molecule has 1 saturated carbocycles. The molecule has 0 saturated heterocycles. The average Bonchev–Trinajstić information content (AvgIpc) is 3.20. The monoisotopic (exact) mass is 459 g/mol. The van der Waals surface area contributed by atoms with Crippen LogP contribution in [0.4, 0.5) is 0 Å². The van der Waals surface area contributed by atoms with E-state index in [4.69, 9.17) is 21.1 Å². The van der Waals surface area contributed by atoms with Gasteiger partial charge in [0.2, 0.25) is 0 Å². The molecular formula is C25H30ClNO5. The minimum atomic E-state index is -0.643. The number of halogens is 1. The van der Waals surface area contributed by atoms with E-state index in [2.05, 4.69) is 19.2 Å². The van der Waals surface area contributed by atoms with E-state index < -0.39 is 11.9 Å². The topological polar surface area (TPSA) is 84.9 Å². The molecule has 1 heterocycles. The minimum Gasteiger partial charge on any atom is -0.503 e. The first-order valence-corrected chi connectivity index (χ1v) is 11.5. The summed E-state index contributed by atoms with van der Waals surface area (Å²) in [4.78, 5) is 26.8. The van der Waals surface area contributed by atoms with E-state index in [0.717, 1.165) is 31.4 Å². The maximum Gasteiger partial charge on any atom is 0.337 e. The molecule has 1 atom stereocenters. The largest absolute Gasteiger partial charge is 0.503 e. The Bertz CT molecular complexity index is 1030. The van der Waals surface area contributed by atoms with Crippen molar-refractivity contribution in [1.82, 2.24) is 5.32 Å². The molecule has 1 aliphatic heterocycles. The zero-order chi connectivity index (χ0) is 23.2. The standard InChI is InChI=1S/C25H30ClNO5/c1-13-20(24(30)32-15-7-5-6-8-15)21(14-9-16(26)23(29)19(10-14)31-4)22-17(27-13)11-25(2,3)12-18(22)28/h9-10,15,21,27,29H,5-8,11-12H2,1-4H3/t21-/m0/s1. The first-order chi connectivity index (χ1) is 15.1. The highest BCUT2D eigenvalue weighted by molar-refractivity contribution is 6.32. The quantitative estimate of drug-likeness (QED) is 0.606. The first kappa shape index (κ1) is 22.7. The zero-order valence-electron chi connectivity index (χ0n) is 19.0. The lowest BCUT2D eigenvalue weighted by atomic mass is 9.68. The fraction of sp³-hybridized carbons (Fsp3) is 0.520. The summed E-state index contributed by atoms with van der Waals surface area (Å²) in [7, 11) is 1.44. The Morgan fingerprint density at radius 3 is 2.56 bits per heavy atom. The summed E-state index contributed by atoms with van der Waals surface area (Å²) in [5.41, 5.74) is 2.91. The Balaban J connectivity index is 1.85. The van der Waals surface area contributed by atoms with E-state index >= 15 is 0 Å². The maximum absolute atomic E-state index is 13.4. The zero-order valence-corrected chi connectivity index (χ0v) is 19.8. The van der Waals surface area contributed by atoms with Crippen molar-refractivity contribution in [2.24, 2.45) is 5.41 Å². The van der Waals surface area contributed by atoms with Crippen molar-refractivity contribution in [2.75, 3.05) is 7.11 Å². The number of hydrogen-bond acceptors (Lipinski definition) is 6. The van der Waals surface area contributed by atoms with E-state index in [1.807, 2.05) is 6.92 Å². The van der Waals surface area contributed by atoms with Gasteiger partial charge in [-0.2, -0.15) is 0 Å². The van der Waals surface area contributed by atoms with Crippen LogP contribution in [0.25, 0.3) is 0 Å². The number of aromatic hydroxyl groups is 1. The van der Waals surface area contributed by atoms with Crippen LogP contribution < -0.4 is 10.1 Å². The Morgan fingerprint density at radius 2 is 1.91 bits per heavy atom. The van der Waals surface area contributed by atoms with Crippen LogP contribution in [0.15, 0.2) is 34.7 Å². The van der Waals surface area contributed by atoms with Gasteiger partial charge in [0, 0.05) is 29.3 Å². The number of phenols is 1. The second kappa shape index (κ2) is 8.47. The van der Waals surface area contributed by atoms with E-state index in [9.17, 15) is 14.7 Å². The Kier molecular flexibility index (Phi) is 6.01. The minimum absolute atomic E-state index is 0.00409. The Hall–Kier alpha value is -2.47. The number of hydrogen-bond donors (Lipinski definition) is 2. The molecule has 2 N–H and O–H groups in total. The number of dihydropyridines is 1. The van der Waals surface area contributed by atoms with Crippen LogP contribution in [0, 0.1) is 5.41 Å². The molecule has 0 unspecified atom stereocenters. The highest BCUT2D eigenvalue weighted by Crippen LogP contribution is 2.49. The van der Waals surface area contributed by atoms with Crippen LogP contribution in [-0.4, -0.2) is 30.1 Å². The molecule has 172 valence electrons. The molecule has 6 nitrogen and oxygen atoms in total. The Morgan fingerprint density at radius 1 is 1.22 bits per heavy atom. The predicted molar refractivity (Wildman–Crippen MR) is 122 cm³/mol. The normalized spacial score (nSPS) is 23.2. The summed E-state index contributed by atoms with van der Waals surface area (Å²) in [5.74, 6) is -1.04. The second-order valence-electron chi connectivity index (χ2n) is 9.80. The van der Waals surface area contributed by atoms with Crippen LogP contribution in [-0.2, 0) is 14.3 Å². The van der Waals surface area contributed by atoms with Gasteiger partial charge < -0.3 is 19.9 Å². The molecule has 7 heteroatoms. The Labute approximate surface area is 193 Å². The highest BCUT2D eigenvalue weighted by Gasteiger charge is 2.44. The van der Waals surface area contributed by atoms with Gasteiger partial charge in [-0.05, 0) is 62.1 Å². The number of nitrogens with one attached hydrogen (secondary N) is 1.